The normalized spacial score (nSPS) is 14.4. The van der Waals surface area contributed by atoms with Crippen LogP contribution < -0.4 is 5.32 Å². The maximum atomic E-state index is 12.7. The molecule has 1 aliphatic rings. The summed E-state index contributed by atoms with van der Waals surface area (Å²) < 4.78 is 0. The molecule has 0 unspecified atom stereocenters. The summed E-state index contributed by atoms with van der Waals surface area (Å²) in [6, 6.07) is 21.9. The second kappa shape index (κ2) is 12.1. The maximum Gasteiger partial charge on any atom is 0.162 e. The van der Waals surface area contributed by atoms with Gasteiger partial charge in [0.25, 0.3) is 0 Å². The van der Waals surface area contributed by atoms with Crippen LogP contribution in [0.15, 0.2) is 72.9 Å². The van der Waals surface area contributed by atoms with Crippen LogP contribution in [0, 0.1) is 0 Å². The number of unbranched alkanes of at least 4 members (excludes halogenated alkanes) is 1. The number of ketones is 1. The summed E-state index contributed by atoms with van der Waals surface area (Å²) in [6.45, 7) is 3.58. The first-order chi connectivity index (χ1) is 16.3. The average molecular weight is 440 g/mol. The third-order valence-corrected chi connectivity index (χ3v) is 6.10. The van der Waals surface area contributed by atoms with Crippen molar-refractivity contribution in [1.29, 1.82) is 0 Å². The van der Waals surface area contributed by atoms with E-state index in [4.69, 9.17) is 0 Å². The van der Waals surface area contributed by atoms with E-state index in [2.05, 4.69) is 33.4 Å². The number of likely N-dealkylation sites (tertiary alicyclic amines) is 1. The second-order valence-corrected chi connectivity index (χ2v) is 8.70. The largest absolute Gasteiger partial charge is 0.356 e. The number of aromatic nitrogens is 1. The Morgan fingerprint density at radius 3 is 2.52 bits per heavy atom. The van der Waals surface area contributed by atoms with Crippen molar-refractivity contribution in [2.45, 2.75) is 38.5 Å². The molecule has 1 N–H and O–H groups in total. The topological polar surface area (TPSA) is 45.2 Å². The van der Waals surface area contributed by atoms with Crippen LogP contribution in [0.5, 0.6) is 0 Å². The number of anilines is 2. The number of piperidine rings is 1. The number of nitrogens with zero attached hydrogens (tertiary/aromatic N) is 2. The zero-order valence-electron chi connectivity index (χ0n) is 19.2. The lowest BCUT2D eigenvalue weighted by Crippen LogP contribution is -2.30. The van der Waals surface area contributed by atoms with Gasteiger partial charge in [-0.3, -0.25) is 9.78 Å². The van der Waals surface area contributed by atoms with Gasteiger partial charge in [0.2, 0.25) is 0 Å². The van der Waals surface area contributed by atoms with Gasteiger partial charge in [-0.2, -0.15) is 0 Å². The van der Waals surface area contributed by atoms with Gasteiger partial charge in [-0.1, -0.05) is 42.8 Å². The summed E-state index contributed by atoms with van der Waals surface area (Å²) in [6.07, 6.45) is 12.5. The molecule has 2 aromatic carbocycles. The van der Waals surface area contributed by atoms with E-state index in [1.807, 2.05) is 60.7 Å². The molecule has 1 aromatic heterocycles. The van der Waals surface area contributed by atoms with Gasteiger partial charge in [-0.25, -0.2) is 0 Å². The summed E-state index contributed by atoms with van der Waals surface area (Å²) in [5.74, 6) is 0.229. The predicted octanol–water partition coefficient (Wildman–Crippen LogP) is 6.83. The fourth-order valence-corrected chi connectivity index (χ4v) is 4.22. The molecule has 1 aliphatic heterocycles. The Bertz CT molecular complexity index is 1040. The van der Waals surface area contributed by atoms with E-state index in [-0.39, 0.29) is 5.78 Å². The van der Waals surface area contributed by atoms with E-state index < -0.39 is 0 Å². The van der Waals surface area contributed by atoms with Gasteiger partial charge in [0.15, 0.2) is 5.78 Å². The minimum absolute atomic E-state index is 0.229. The Morgan fingerprint density at radius 2 is 1.73 bits per heavy atom. The molecule has 4 heteroatoms. The molecule has 0 radical (unpaired) electrons. The summed E-state index contributed by atoms with van der Waals surface area (Å²) >= 11 is 0. The van der Waals surface area contributed by atoms with Crippen molar-refractivity contribution in [1.82, 2.24) is 9.88 Å². The van der Waals surface area contributed by atoms with E-state index in [1.165, 1.54) is 32.4 Å². The molecule has 170 valence electrons. The molecule has 33 heavy (non-hydrogen) atoms. The summed E-state index contributed by atoms with van der Waals surface area (Å²) in [5, 5.41) is 3.42. The number of hydrogen-bond acceptors (Lipinski definition) is 4. The van der Waals surface area contributed by atoms with Gasteiger partial charge in [0.05, 0.1) is 5.69 Å². The van der Waals surface area contributed by atoms with Crippen molar-refractivity contribution >= 4 is 29.3 Å². The van der Waals surface area contributed by atoms with E-state index in [9.17, 15) is 4.79 Å². The minimum Gasteiger partial charge on any atom is -0.356 e. The standard InChI is InChI=1S/C29H33N3O/c33-29(12-3-7-22-32-20-5-1-6-21-32)25-9-8-11-28(23-25)31-27-17-14-24(15-18-27)13-16-26-10-2-4-19-30-26/h2,4,8-11,13-19,23,31H,1,3,5-7,12,20-22H2/b16-13+. The van der Waals surface area contributed by atoms with Crippen LogP contribution in [0.3, 0.4) is 0 Å². The smallest absolute Gasteiger partial charge is 0.162 e. The lowest BCUT2D eigenvalue weighted by Gasteiger charge is -2.26. The number of carbonyl (C=O) groups excluding carboxylic acids is 1. The monoisotopic (exact) mass is 439 g/mol. The number of hydrogen-bond donors (Lipinski definition) is 1. The Morgan fingerprint density at radius 1 is 0.879 bits per heavy atom. The maximum absolute atomic E-state index is 12.7. The molecule has 0 saturated carbocycles. The highest BCUT2D eigenvalue weighted by Gasteiger charge is 2.11. The molecule has 1 saturated heterocycles. The molecule has 1 fully saturated rings. The van der Waals surface area contributed by atoms with Crippen LogP contribution >= 0.6 is 0 Å². The molecule has 2 heterocycles. The highest BCUT2D eigenvalue weighted by molar-refractivity contribution is 5.97. The van der Waals surface area contributed by atoms with Crippen molar-refractivity contribution in [2.24, 2.45) is 0 Å². The summed E-state index contributed by atoms with van der Waals surface area (Å²) in [7, 11) is 0. The fourth-order valence-electron chi connectivity index (χ4n) is 4.22. The Balaban J connectivity index is 1.26. The van der Waals surface area contributed by atoms with Crippen LogP contribution in [-0.2, 0) is 0 Å². The minimum atomic E-state index is 0.229. The molecule has 4 nitrogen and oxygen atoms in total. The summed E-state index contributed by atoms with van der Waals surface area (Å²) in [4.78, 5) is 19.5. The van der Waals surface area contributed by atoms with Crippen LogP contribution in [0.25, 0.3) is 12.2 Å². The number of Topliss-reactive ketones (excluding diaryl/α,β-unsaturated/α-hetero) is 1. The molecular weight excluding hydrogens is 406 g/mol. The Kier molecular flexibility index (Phi) is 8.42. The van der Waals surface area contributed by atoms with Crippen molar-refractivity contribution in [2.75, 3.05) is 25.0 Å². The van der Waals surface area contributed by atoms with E-state index in [0.717, 1.165) is 47.6 Å². The van der Waals surface area contributed by atoms with Crippen LogP contribution in [0.4, 0.5) is 11.4 Å². The molecule has 3 aromatic rings. The van der Waals surface area contributed by atoms with Gasteiger partial charge in [0, 0.05) is 29.6 Å². The molecule has 0 amide bonds. The van der Waals surface area contributed by atoms with Crippen LogP contribution in [-0.4, -0.2) is 35.3 Å². The second-order valence-electron chi connectivity index (χ2n) is 8.70. The number of nitrogens with one attached hydrogen (secondary N) is 1. The number of pyridine rings is 1. The predicted molar refractivity (Wildman–Crippen MR) is 138 cm³/mol. The number of benzene rings is 2. The first-order valence-electron chi connectivity index (χ1n) is 12.1. The van der Waals surface area contributed by atoms with Gasteiger partial charge >= 0.3 is 0 Å². The molecule has 0 atom stereocenters. The molecule has 4 rings (SSSR count). The van der Waals surface area contributed by atoms with Crippen molar-refractivity contribution < 1.29 is 4.79 Å². The quantitative estimate of drug-likeness (QED) is 0.278. The Labute approximate surface area is 197 Å². The van der Waals surface area contributed by atoms with E-state index in [1.54, 1.807) is 6.20 Å². The van der Waals surface area contributed by atoms with Crippen molar-refractivity contribution in [3.05, 3.63) is 89.7 Å². The third kappa shape index (κ3) is 7.40. The molecule has 0 bridgehead atoms. The van der Waals surface area contributed by atoms with Crippen LogP contribution in [0.1, 0.15) is 60.1 Å². The highest BCUT2D eigenvalue weighted by atomic mass is 16.1. The highest BCUT2D eigenvalue weighted by Crippen LogP contribution is 2.20. The van der Waals surface area contributed by atoms with E-state index >= 15 is 0 Å². The fraction of sp³-hybridized carbons (Fsp3) is 0.310. The molecular formula is C29H33N3O. The van der Waals surface area contributed by atoms with Gasteiger partial charge in [-0.05, 0) is 93.4 Å². The van der Waals surface area contributed by atoms with Crippen molar-refractivity contribution in [3.63, 3.8) is 0 Å². The first kappa shape index (κ1) is 22.9. The van der Waals surface area contributed by atoms with Crippen molar-refractivity contribution in [3.8, 4) is 0 Å². The lowest BCUT2D eigenvalue weighted by atomic mass is 10.0. The average Bonchev–Trinajstić information content (AvgIpc) is 2.87. The Hall–Kier alpha value is -3.24. The lowest BCUT2D eigenvalue weighted by molar-refractivity contribution is 0.0977. The molecule has 0 aliphatic carbocycles. The first-order valence-corrected chi connectivity index (χ1v) is 12.1. The number of carbonyl (C=O) groups is 1. The van der Waals surface area contributed by atoms with E-state index in [0.29, 0.717) is 6.42 Å². The van der Waals surface area contributed by atoms with Gasteiger partial charge in [0.1, 0.15) is 0 Å². The SMILES string of the molecule is O=C(CCCCN1CCCCC1)c1cccc(Nc2ccc(/C=C/c3ccccn3)cc2)c1. The number of rotatable bonds is 10. The van der Waals surface area contributed by atoms with Gasteiger partial charge < -0.3 is 10.2 Å². The molecule has 0 spiro atoms. The van der Waals surface area contributed by atoms with Crippen LogP contribution in [0.2, 0.25) is 0 Å². The third-order valence-electron chi connectivity index (χ3n) is 6.10. The summed E-state index contributed by atoms with van der Waals surface area (Å²) in [5.41, 5.74) is 4.77. The zero-order chi connectivity index (χ0) is 22.7. The van der Waals surface area contributed by atoms with Gasteiger partial charge in [-0.15, -0.1) is 0 Å². The zero-order valence-corrected chi connectivity index (χ0v) is 19.2.